The normalized spacial score (nSPS) is 17.3. The Morgan fingerprint density at radius 1 is 0.976 bits per heavy atom. The summed E-state index contributed by atoms with van der Waals surface area (Å²) in [6.45, 7) is 4.10. The number of ether oxygens (including phenoxy) is 1. The van der Waals surface area contributed by atoms with E-state index in [1.165, 1.54) is 80.5 Å². The zero-order valence-corrected chi connectivity index (χ0v) is 25.0. The Bertz CT molecular complexity index is 1480. The van der Waals surface area contributed by atoms with Crippen molar-refractivity contribution in [2.45, 2.75) is 88.1 Å². The van der Waals surface area contributed by atoms with Crippen molar-refractivity contribution in [2.75, 3.05) is 17.9 Å². The smallest absolute Gasteiger partial charge is 0.267 e. The van der Waals surface area contributed by atoms with Gasteiger partial charge in [0, 0.05) is 36.8 Å². The highest BCUT2D eigenvalue weighted by molar-refractivity contribution is 7.92. The maximum atomic E-state index is 14.4. The van der Waals surface area contributed by atoms with E-state index in [4.69, 9.17) is 4.74 Å². The number of sulfonamides is 1. The van der Waals surface area contributed by atoms with Gasteiger partial charge in [0.1, 0.15) is 11.4 Å². The summed E-state index contributed by atoms with van der Waals surface area (Å²) in [5, 5.41) is 6.57. The van der Waals surface area contributed by atoms with Gasteiger partial charge in [0.05, 0.1) is 17.2 Å². The molecule has 0 bridgehead atoms. The predicted molar refractivity (Wildman–Crippen MR) is 162 cm³/mol. The van der Waals surface area contributed by atoms with Crippen molar-refractivity contribution in [2.24, 2.45) is 0 Å². The van der Waals surface area contributed by atoms with Crippen LogP contribution in [-0.2, 0) is 28.5 Å². The summed E-state index contributed by atoms with van der Waals surface area (Å²) >= 11 is 0. The highest BCUT2D eigenvalue weighted by atomic mass is 32.2. The third-order valence-corrected chi connectivity index (χ3v) is 9.83. The van der Waals surface area contributed by atoms with Crippen LogP contribution in [0.4, 0.5) is 10.1 Å². The van der Waals surface area contributed by atoms with Crippen molar-refractivity contribution in [1.82, 2.24) is 15.6 Å². The fourth-order valence-corrected chi connectivity index (χ4v) is 7.29. The molecule has 226 valence electrons. The Morgan fingerprint density at radius 2 is 1.67 bits per heavy atom. The maximum Gasteiger partial charge on any atom is 0.267 e. The van der Waals surface area contributed by atoms with Gasteiger partial charge in [-0.2, -0.15) is 0 Å². The number of carbonyl (C=O) groups excluding carboxylic acids is 1. The Hall–Kier alpha value is -3.37. The molecule has 8 nitrogen and oxygen atoms in total. The van der Waals surface area contributed by atoms with Crippen molar-refractivity contribution in [3.63, 3.8) is 0 Å². The number of halogens is 1. The molecule has 1 aliphatic carbocycles. The number of aromatic amines is 1. The molecule has 0 unspecified atom stereocenters. The first-order chi connectivity index (χ1) is 20.3. The van der Waals surface area contributed by atoms with E-state index in [1.54, 1.807) is 19.1 Å². The number of rotatable bonds is 8. The minimum absolute atomic E-state index is 0.00796. The van der Waals surface area contributed by atoms with Crippen LogP contribution < -0.4 is 20.1 Å². The van der Waals surface area contributed by atoms with Gasteiger partial charge in [0.15, 0.2) is 5.82 Å². The van der Waals surface area contributed by atoms with Crippen LogP contribution in [0.25, 0.3) is 0 Å². The number of hydrogen-bond acceptors (Lipinski definition) is 5. The standard InChI is InChI=1S/C32H41FN4O4S/c1-2-41-25-12-15-28(27(33)19-25)37-42(39,40)26-13-10-23(11-14-26)20-35-31(38)29-18-24-21-34-22-32(30(24)36-29)16-8-6-4-3-5-7-9-17-32/h10-15,18-19,34,36-37H,2-9,16-17,20-22H2,1H3,(H,35,38). The van der Waals surface area contributed by atoms with Gasteiger partial charge in [-0.1, -0.05) is 57.1 Å². The number of carbonyl (C=O) groups is 1. The summed E-state index contributed by atoms with van der Waals surface area (Å²) in [6, 6.07) is 12.1. The Labute approximate surface area is 247 Å². The van der Waals surface area contributed by atoms with E-state index in [9.17, 15) is 17.6 Å². The number of H-pyrrole nitrogens is 1. The van der Waals surface area contributed by atoms with E-state index >= 15 is 0 Å². The molecule has 1 amide bonds. The predicted octanol–water partition coefficient (Wildman–Crippen LogP) is 6.15. The van der Waals surface area contributed by atoms with Gasteiger partial charge < -0.3 is 20.4 Å². The Morgan fingerprint density at radius 3 is 2.33 bits per heavy atom. The molecular weight excluding hydrogens is 555 g/mol. The lowest BCUT2D eigenvalue weighted by Gasteiger charge is -2.38. The van der Waals surface area contributed by atoms with Crippen LogP contribution in [0.15, 0.2) is 53.4 Å². The van der Waals surface area contributed by atoms with Crippen molar-refractivity contribution in [3.8, 4) is 5.75 Å². The van der Waals surface area contributed by atoms with Gasteiger partial charge in [0.25, 0.3) is 15.9 Å². The molecule has 3 aromatic rings. The number of anilines is 1. The molecule has 42 heavy (non-hydrogen) atoms. The fraction of sp³-hybridized carbons (Fsp3) is 0.469. The number of fused-ring (bicyclic) bond motifs is 2. The summed E-state index contributed by atoms with van der Waals surface area (Å²) < 4.78 is 47.6. The molecule has 0 saturated heterocycles. The number of hydrogen-bond donors (Lipinski definition) is 4. The van der Waals surface area contributed by atoms with Crippen LogP contribution in [0, 0.1) is 5.82 Å². The van der Waals surface area contributed by atoms with E-state index in [1.807, 2.05) is 6.07 Å². The van der Waals surface area contributed by atoms with Crippen molar-refractivity contribution >= 4 is 21.6 Å². The third-order valence-electron chi connectivity index (χ3n) is 8.45. The van der Waals surface area contributed by atoms with Gasteiger partial charge in [-0.3, -0.25) is 9.52 Å². The molecule has 1 spiro atoms. The maximum absolute atomic E-state index is 14.4. The minimum atomic E-state index is -4.01. The summed E-state index contributed by atoms with van der Waals surface area (Å²) in [7, 11) is -4.01. The average molecular weight is 597 g/mol. The van der Waals surface area contributed by atoms with E-state index in [0.29, 0.717) is 18.1 Å². The second-order valence-corrected chi connectivity index (χ2v) is 13.1. The first-order valence-corrected chi connectivity index (χ1v) is 16.5. The lowest BCUT2D eigenvalue weighted by molar-refractivity contribution is 0.0946. The molecule has 2 heterocycles. The number of aromatic nitrogens is 1. The largest absolute Gasteiger partial charge is 0.494 e. The molecule has 10 heteroatoms. The summed E-state index contributed by atoms with van der Waals surface area (Å²) in [4.78, 5) is 16.6. The third kappa shape index (κ3) is 6.98. The molecule has 5 rings (SSSR count). The number of amides is 1. The number of benzene rings is 2. The van der Waals surface area contributed by atoms with E-state index < -0.39 is 15.8 Å². The summed E-state index contributed by atoms with van der Waals surface area (Å²) in [5.74, 6) is -0.591. The lowest BCUT2D eigenvalue weighted by Crippen LogP contribution is -2.43. The first-order valence-electron chi connectivity index (χ1n) is 15.0. The Kier molecular flexibility index (Phi) is 9.53. The van der Waals surface area contributed by atoms with Gasteiger partial charge >= 0.3 is 0 Å². The molecule has 1 aliphatic heterocycles. The van der Waals surface area contributed by atoms with Crippen LogP contribution in [0.5, 0.6) is 5.75 Å². The molecule has 2 aliphatic rings. The first kappa shape index (κ1) is 30.1. The highest BCUT2D eigenvalue weighted by Gasteiger charge is 2.38. The van der Waals surface area contributed by atoms with E-state index in [0.717, 1.165) is 37.6 Å². The molecule has 1 aromatic heterocycles. The van der Waals surface area contributed by atoms with Gasteiger partial charge in [-0.25, -0.2) is 12.8 Å². The summed E-state index contributed by atoms with van der Waals surface area (Å²) in [6.07, 6.45) is 11.1. The highest BCUT2D eigenvalue weighted by Crippen LogP contribution is 2.40. The van der Waals surface area contributed by atoms with Gasteiger partial charge in [0.2, 0.25) is 0 Å². The second-order valence-electron chi connectivity index (χ2n) is 11.4. The molecule has 0 radical (unpaired) electrons. The van der Waals surface area contributed by atoms with Crippen LogP contribution in [0.2, 0.25) is 0 Å². The average Bonchev–Trinajstić information content (AvgIpc) is 3.43. The minimum Gasteiger partial charge on any atom is -0.494 e. The molecule has 0 atom stereocenters. The monoisotopic (exact) mass is 596 g/mol. The molecule has 1 saturated carbocycles. The summed E-state index contributed by atoms with van der Waals surface area (Å²) in [5.41, 5.74) is 3.59. The van der Waals surface area contributed by atoms with Crippen LogP contribution in [0.1, 0.15) is 92.0 Å². The van der Waals surface area contributed by atoms with Crippen LogP contribution >= 0.6 is 0 Å². The van der Waals surface area contributed by atoms with E-state index in [-0.39, 0.29) is 28.4 Å². The topological polar surface area (TPSA) is 112 Å². The van der Waals surface area contributed by atoms with Crippen LogP contribution in [0.3, 0.4) is 0 Å². The van der Waals surface area contributed by atoms with Crippen molar-refractivity contribution in [1.29, 1.82) is 0 Å². The van der Waals surface area contributed by atoms with Crippen molar-refractivity contribution < 1.29 is 22.3 Å². The quantitative estimate of drug-likeness (QED) is 0.249. The lowest BCUT2D eigenvalue weighted by atomic mass is 9.72. The van der Waals surface area contributed by atoms with E-state index in [2.05, 4.69) is 20.3 Å². The molecule has 2 aromatic carbocycles. The second kappa shape index (κ2) is 13.3. The van der Waals surface area contributed by atoms with Gasteiger partial charge in [-0.05, 0) is 61.2 Å². The fourth-order valence-electron chi connectivity index (χ4n) is 6.22. The number of nitrogens with one attached hydrogen (secondary N) is 4. The zero-order chi connectivity index (χ0) is 29.6. The Balaban J connectivity index is 1.22. The van der Waals surface area contributed by atoms with Crippen molar-refractivity contribution in [3.05, 3.63) is 76.9 Å². The van der Waals surface area contributed by atoms with Gasteiger partial charge in [-0.15, -0.1) is 0 Å². The zero-order valence-electron chi connectivity index (χ0n) is 24.2. The SMILES string of the molecule is CCOc1ccc(NS(=O)(=O)c2ccc(CNC(=O)c3cc4c([nH]3)C3(CCCCCCCCC3)CNC4)cc2)c(F)c1. The molecule has 1 fully saturated rings. The molecule has 4 N–H and O–H groups in total. The molecular formula is C32H41FN4O4S. The van der Waals surface area contributed by atoms with Crippen LogP contribution in [-0.4, -0.2) is 32.5 Å².